The number of rotatable bonds is 8. The number of nitrogens with zero attached hydrogens (tertiary/aromatic N) is 2. The van der Waals surface area contributed by atoms with Gasteiger partial charge in [-0.3, -0.25) is 4.72 Å². The van der Waals surface area contributed by atoms with E-state index in [0.717, 1.165) is 29.2 Å². The number of hydrogen-bond acceptors (Lipinski definition) is 7. The highest BCUT2D eigenvalue weighted by molar-refractivity contribution is 7.94. The van der Waals surface area contributed by atoms with Crippen molar-refractivity contribution in [3.05, 3.63) is 53.0 Å². The van der Waals surface area contributed by atoms with Gasteiger partial charge >= 0.3 is 0 Å². The molecular formula is C19H23N5O2S2. The summed E-state index contributed by atoms with van der Waals surface area (Å²) in [4.78, 5) is 9.76. The maximum Gasteiger partial charge on any atom is 0.271 e. The minimum absolute atomic E-state index is 0.318. The highest BCUT2D eigenvalue weighted by atomic mass is 32.2. The molecule has 2 aromatic heterocycles. The zero-order valence-corrected chi connectivity index (χ0v) is 17.6. The highest BCUT2D eigenvalue weighted by Crippen LogP contribution is 2.25. The lowest BCUT2D eigenvalue weighted by molar-refractivity contribution is 0.603. The van der Waals surface area contributed by atoms with Crippen LogP contribution in [0.1, 0.15) is 24.4 Å². The molecule has 3 aromatic rings. The quantitative estimate of drug-likeness (QED) is 0.503. The van der Waals surface area contributed by atoms with Gasteiger partial charge in [-0.05, 0) is 56.7 Å². The zero-order valence-electron chi connectivity index (χ0n) is 16.0. The minimum atomic E-state index is -3.57. The summed E-state index contributed by atoms with van der Waals surface area (Å²) in [5, 5.41) is 6.30. The van der Waals surface area contributed by atoms with E-state index >= 15 is 0 Å². The van der Waals surface area contributed by atoms with E-state index < -0.39 is 10.0 Å². The van der Waals surface area contributed by atoms with Crippen molar-refractivity contribution in [1.29, 1.82) is 0 Å². The van der Waals surface area contributed by atoms with E-state index in [1.54, 1.807) is 30.3 Å². The smallest absolute Gasteiger partial charge is 0.271 e. The maximum atomic E-state index is 12.5. The molecule has 0 saturated heterocycles. The Balaban J connectivity index is 1.71. The van der Waals surface area contributed by atoms with E-state index in [9.17, 15) is 8.42 Å². The Morgan fingerprint density at radius 1 is 1.00 bits per heavy atom. The fourth-order valence-electron chi connectivity index (χ4n) is 2.54. The van der Waals surface area contributed by atoms with E-state index in [1.165, 1.54) is 11.3 Å². The van der Waals surface area contributed by atoms with E-state index in [2.05, 4.69) is 25.3 Å². The first-order chi connectivity index (χ1) is 13.4. The first-order valence-electron chi connectivity index (χ1n) is 8.97. The van der Waals surface area contributed by atoms with Crippen LogP contribution in [0.3, 0.4) is 0 Å². The fraction of sp³-hybridized carbons (Fsp3) is 0.263. The molecule has 3 rings (SSSR count). The van der Waals surface area contributed by atoms with E-state index in [1.807, 2.05) is 32.9 Å². The first kappa shape index (κ1) is 20.1. The molecule has 2 heterocycles. The third-order valence-corrected chi connectivity index (χ3v) is 6.95. The third-order valence-electron chi connectivity index (χ3n) is 3.85. The Morgan fingerprint density at radius 2 is 1.71 bits per heavy atom. The molecule has 3 N–H and O–H groups in total. The van der Waals surface area contributed by atoms with Crippen LogP contribution in [0.5, 0.6) is 0 Å². The molecule has 0 saturated carbocycles. The van der Waals surface area contributed by atoms with Gasteiger partial charge in [0.2, 0.25) is 5.95 Å². The largest absolute Gasteiger partial charge is 0.354 e. The lowest BCUT2D eigenvalue weighted by atomic mass is 10.3. The number of anilines is 4. The molecule has 0 radical (unpaired) electrons. The molecule has 0 aliphatic heterocycles. The number of aryl methyl sites for hydroxylation is 2. The summed E-state index contributed by atoms with van der Waals surface area (Å²) >= 11 is 1.29. The second-order valence-electron chi connectivity index (χ2n) is 6.13. The summed E-state index contributed by atoms with van der Waals surface area (Å²) in [7, 11) is -3.57. The first-order valence-corrected chi connectivity index (χ1v) is 11.3. The predicted octanol–water partition coefficient (Wildman–Crippen LogP) is 4.39. The molecule has 0 aliphatic carbocycles. The number of hydrogen-bond donors (Lipinski definition) is 3. The zero-order chi connectivity index (χ0) is 20.1. The Morgan fingerprint density at radius 3 is 2.36 bits per heavy atom. The Bertz CT molecular complexity index is 1050. The van der Waals surface area contributed by atoms with Crippen LogP contribution in [0.2, 0.25) is 0 Å². The molecule has 0 fully saturated rings. The monoisotopic (exact) mass is 417 g/mol. The summed E-state index contributed by atoms with van der Waals surface area (Å²) < 4.78 is 27.9. The van der Waals surface area contributed by atoms with Gasteiger partial charge in [-0.1, -0.05) is 6.92 Å². The van der Waals surface area contributed by atoms with Crippen molar-refractivity contribution in [2.24, 2.45) is 0 Å². The van der Waals surface area contributed by atoms with Crippen molar-refractivity contribution in [2.45, 2.75) is 31.4 Å². The molecule has 7 nitrogen and oxygen atoms in total. The van der Waals surface area contributed by atoms with Crippen LogP contribution >= 0.6 is 11.3 Å². The van der Waals surface area contributed by atoms with Gasteiger partial charge in [0.1, 0.15) is 10.0 Å². The third kappa shape index (κ3) is 4.99. The molecule has 148 valence electrons. The van der Waals surface area contributed by atoms with Gasteiger partial charge in [0.05, 0.1) is 0 Å². The molecule has 0 atom stereocenters. The van der Waals surface area contributed by atoms with Gasteiger partial charge in [-0.2, -0.15) is 4.98 Å². The van der Waals surface area contributed by atoms with Crippen LogP contribution in [0.4, 0.5) is 23.1 Å². The molecule has 0 unspecified atom stereocenters. The lowest BCUT2D eigenvalue weighted by Crippen LogP contribution is -2.11. The standard InChI is InChI=1S/C19H23N5O2S2/c1-4-16-10-11-18(27-16)28(25,26)24-15-8-6-14(7-9-15)22-17-12-13(3)21-19(23-17)20-5-2/h6-12,24H,4-5H2,1-3H3,(H2,20,21,22,23). The number of benzene rings is 1. The highest BCUT2D eigenvalue weighted by Gasteiger charge is 2.16. The second-order valence-corrected chi connectivity index (χ2v) is 9.21. The van der Waals surface area contributed by atoms with Crippen molar-refractivity contribution < 1.29 is 8.42 Å². The molecule has 1 aromatic carbocycles. The van der Waals surface area contributed by atoms with Gasteiger partial charge < -0.3 is 10.6 Å². The second kappa shape index (κ2) is 8.57. The van der Waals surface area contributed by atoms with Crippen LogP contribution in [0, 0.1) is 6.92 Å². The molecular weight excluding hydrogens is 394 g/mol. The Hall–Kier alpha value is -2.65. The average molecular weight is 418 g/mol. The summed E-state index contributed by atoms with van der Waals surface area (Å²) in [5.74, 6) is 1.24. The van der Waals surface area contributed by atoms with Gasteiger partial charge in [0, 0.05) is 34.6 Å². The van der Waals surface area contributed by atoms with Crippen LogP contribution in [0.15, 0.2) is 46.7 Å². The van der Waals surface area contributed by atoms with Crippen molar-refractivity contribution >= 4 is 44.5 Å². The Labute approximate surface area is 169 Å². The normalized spacial score (nSPS) is 11.2. The number of sulfonamides is 1. The van der Waals surface area contributed by atoms with Crippen LogP contribution in [-0.2, 0) is 16.4 Å². The van der Waals surface area contributed by atoms with Crippen molar-refractivity contribution in [2.75, 3.05) is 21.9 Å². The van der Waals surface area contributed by atoms with E-state index in [0.29, 0.717) is 21.7 Å². The van der Waals surface area contributed by atoms with Crippen molar-refractivity contribution in [3.63, 3.8) is 0 Å². The number of aromatic nitrogens is 2. The van der Waals surface area contributed by atoms with Crippen molar-refractivity contribution in [1.82, 2.24) is 9.97 Å². The van der Waals surface area contributed by atoms with Crippen molar-refractivity contribution in [3.8, 4) is 0 Å². The molecule has 9 heteroatoms. The van der Waals surface area contributed by atoms with Crippen LogP contribution < -0.4 is 15.4 Å². The fourth-order valence-corrected chi connectivity index (χ4v) is 4.89. The van der Waals surface area contributed by atoms with Crippen LogP contribution in [-0.4, -0.2) is 24.9 Å². The van der Waals surface area contributed by atoms with Gasteiger partial charge in [0.25, 0.3) is 10.0 Å². The molecule has 0 bridgehead atoms. The van der Waals surface area contributed by atoms with E-state index in [4.69, 9.17) is 0 Å². The number of thiophene rings is 1. The predicted molar refractivity (Wildman–Crippen MR) is 115 cm³/mol. The maximum absolute atomic E-state index is 12.5. The van der Waals surface area contributed by atoms with Gasteiger partial charge in [-0.15, -0.1) is 11.3 Å². The minimum Gasteiger partial charge on any atom is -0.354 e. The SMILES string of the molecule is CCNc1nc(C)cc(Nc2ccc(NS(=O)(=O)c3ccc(CC)s3)cc2)n1. The summed E-state index contributed by atoms with van der Waals surface area (Å²) in [5.41, 5.74) is 2.15. The molecule has 0 aliphatic rings. The number of nitrogens with one attached hydrogen (secondary N) is 3. The lowest BCUT2D eigenvalue weighted by Gasteiger charge is -2.10. The molecule has 0 amide bonds. The summed E-state index contributed by atoms with van der Waals surface area (Å²) in [6, 6.07) is 12.4. The van der Waals surface area contributed by atoms with Crippen LogP contribution in [0.25, 0.3) is 0 Å². The van der Waals surface area contributed by atoms with Gasteiger partial charge in [0.15, 0.2) is 0 Å². The molecule has 28 heavy (non-hydrogen) atoms. The topological polar surface area (TPSA) is 96.0 Å². The average Bonchev–Trinajstić information content (AvgIpc) is 3.13. The van der Waals surface area contributed by atoms with E-state index in [-0.39, 0.29) is 0 Å². The summed E-state index contributed by atoms with van der Waals surface area (Å²) in [6.07, 6.45) is 0.818. The Kier molecular flexibility index (Phi) is 6.15. The van der Waals surface area contributed by atoms with Gasteiger partial charge in [-0.25, -0.2) is 13.4 Å². The molecule has 0 spiro atoms. The summed E-state index contributed by atoms with van der Waals surface area (Å²) in [6.45, 7) is 6.63.